The van der Waals surface area contributed by atoms with Crippen LogP contribution in [-0.4, -0.2) is 31.7 Å². The Hall–Kier alpha value is -1.84. The van der Waals surface area contributed by atoms with Crippen molar-refractivity contribution >= 4 is 5.97 Å². The first-order valence-electron chi connectivity index (χ1n) is 9.38. The first kappa shape index (κ1) is 20.5. The van der Waals surface area contributed by atoms with Crippen molar-refractivity contribution in [2.45, 2.75) is 38.2 Å². The molecule has 0 amide bonds. The number of halogens is 1. The lowest BCUT2D eigenvalue weighted by Crippen LogP contribution is -3.13. The van der Waals surface area contributed by atoms with Crippen LogP contribution in [0.3, 0.4) is 0 Å². The summed E-state index contributed by atoms with van der Waals surface area (Å²) in [4.78, 5) is 14.5. The predicted molar refractivity (Wildman–Crippen MR) is 99.7 cm³/mol. The molecule has 0 aromatic heterocycles. The van der Waals surface area contributed by atoms with Gasteiger partial charge in [-0.3, -0.25) is 4.79 Å². The average molecular weight is 374 g/mol. The maximum Gasteiger partial charge on any atom is 0.318 e. The molecule has 1 saturated heterocycles. The Balaban J connectivity index is 0.00000243. The van der Waals surface area contributed by atoms with Crippen molar-refractivity contribution in [3.8, 4) is 0 Å². The Morgan fingerprint density at radius 3 is 1.92 bits per heavy atom. The Morgan fingerprint density at radius 2 is 1.42 bits per heavy atom. The van der Waals surface area contributed by atoms with Crippen LogP contribution in [0.1, 0.15) is 43.2 Å². The second-order valence-electron chi connectivity index (χ2n) is 7.02. The second-order valence-corrected chi connectivity index (χ2v) is 7.02. The van der Waals surface area contributed by atoms with Crippen LogP contribution in [0.15, 0.2) is 60.7 Å². The van der Waals surface area contributed by atoms with Crippen LogP contribution >= 0.6 is 0 Å². The molecule has 0 saturated carbocycles. The Labute approximate surface area is 162 Å². The molecule has 3 rings (SSSR count). The number of quaternary nitrogens is 1. The van der Waals surface area contributed by atoms with Gasteiger partial charge in [0.15, 0.2) is 0 Å². The van der Waals surface area contributed by atoms with Gasteiger partial charge < -0.3 is 22.0 Å². The van der Waals surface area contributed by atoms with Gasteiger partial charge in [0.1, 0.15) is 18.6 Å². The summed E-state index contributed by atoms with van der Waals surface area (Å²) in [6, 6.07) is 19.8. The van der Waals surface area contributed by atoms with E-state index < -0.39 is 0 Å². The number of hydrogen-bond acceptors (Lipinski definition) is 2. The maximum absolute atomic E-state index is 13.0. The molecule has 1 aliphatic heterocycles. The second kappa shape index (κ2) is 10.3. The van der Waals surface area contributed by atoms with Crippen molar-refractivity contribution in [2.75, 3.05) is 19.6 Å². The molecule has 0 radical (unpaired) electrons. The van der Waals surface area contributed by atoms with Crippen LogP contribution in [0.5, 0.6) is 0 Å². The number of ether oxygens (including phenoxy) is 1. The number of rotatable bonds is 6. The lowest BCUT2D eigenvalue weighted by molar-refractivity contribution is -0.907. The van der Waals surface area contributed by atoms with Crippen LogP contribution < -0.4 is 17.3 Å². The molecule has 1 heterocycles. The highest BCUT2D eigenvalue weighted by molar-refractivity contribution is 5.82. The van der Waals surface area contributed by atoms with Gasteiger partial charge in [0.05, 0.1) is 13.1 Å². The molecular weight excluding hydrogens is 346 g/mol. The van der Waals surface area contributed by atoms with Gasteiger partial charge >= 0.3 is 5.97 Å². The van der Waals surface area contributed by atoms with E-state index in [1.165, 1.54) is 32.4 Å². The van der Waals surface area contributed by atoms with Crippen molar-refractivity contribution in [1.29, 1.82) is 0 Å². The molecule has 1 N–H and O–H groups in total. The van der Waals surface area contributed by atoms with Crippen molar-refractivity contribution < 1.29 is 26.8 Å². The molecule has 3 nitrogen and oxygen atoms in total. The van der Waals surface area contributed by atoms with Gasteiger partial charge in [0.2, 0.25) is 0 Å². The highest BCUT2D eigenvalue weighted by atomic mass is 35.5. The quantitative estimate of drug-likeness (QED) is 0.712. The molecule has 4 heteroatoms. The van der Waals surface area contributed by atoms with E-state index in [-0.39, 0.29) is 30.4 Å². The van der Waals surface area contributed by atoms with E-state index in [0.29, 0.717) is 0 Å². The molecule has 1 aliphatic rings. The summed E-state index contributed by atoms with van der Waals surface area (Å²) in [6.07, 6.45) is 3.84. The molecule has 1 fully saturated rings. The van der Waals surface area contributed by atoms with E-state index in [2.05, 4.69) is 0 Å². The smallest absolute Gasteiger partial charge is 0.318 e. The molecule has 140 valence electrons. The van der Waals surface area contributed by atoms with E-state index in [1.807, 2.05) is 67.6 Å². The third kappa shape index (κ3) is 5.58. The van der Waals surface area contributed by atoms with E-state index in [0.717, 1.165) is 17.7 Å². The van der Waals surface area contributed by atoms with Crippen molar-refractivity contribution in [1.82, 2.24) is 0 Å². The van der Waals surface area contributed by atoms with Gasteiger partial charge in [-0.1, -0.05) is 60.7 Å². The largest absolute Gasteiger partial charge is 1.00 e. The van der Waals surface area contributed by atoms with Crippen LogP contribution in [0, 0.1) is 0 Å². The number of carbonyl (C=O) groups is 1. The standard InChI is InChI=1S/C22H27NO2.ClH/c1-18(17-23-15-9-4-10-16-23)25-22(24)21(19-11-5-2-6-12-19)20-13-7-3-8-14-20;/h2-3,5-8,11-14,18,21H,4,9-10,15-17H2,1H3;1H. The maximum atomic E-state index is 13.0. The number of hydrogen-bond donors (Lipinski definition) is 1. The number of benzene rings is 2. The highest BCUT2D eigenvalue weighted by Gasteiger charge is 2.27. The predicted octanol–water partition coefficient (Wildman–Crippen LogP) is -0.177. The molecular formula is C22H28ClNO2. The zero-order valence-electron chi connectivity index (χ0n) is 15.4. The van der Waals surface area contributed by atoms with E-state index in [1.54, 1.807) is 4.90 Å². The molecule has 1 unspecified atom stereocenters. The normalized spacial score (nSPS) is 15.9. The topological polar surface area (TPSA) is 30.7 Å². The van der Waals surface area contributed by atoms with Crippen molar-refractivity contribution in [3.63, 3.8) is 0 Å². The lowest BCUT2D eigenvalue weighted by atomic mass is 9.91. The summed E-state index contributed by atoms with van der Waals surface area (Å²) >= 11 is 0. The molecule has 1 atom stereocenters. The van der Waals surface area contributed by atoms with Crippen LogP contribution in [0.4, 0.5) is 0 Å². The summed E-state index contributed by atoms with van der Waals surface area (Å²) in [6.45, 7) is 5.32. The molecule has 2 aromatic rings. The summed E-state index contributed by atoms with van der Waals surface area (Å²) in [7, 11) is 0. The minimum absolute atomic E-state index is 0. The Kier molecular flexibility index (Phi) is 8.14. The summed E-state index contributed by atoms with van der Waals surface area (Å²) in [5.74, 6) is -0.512. The summed E-state index contributed by atoms with van der Waals surface area (Å²) < 4.78 is 5.86. The van der Waals surface area contributed by atoms with Crippen LogP contribution in [0.2, 0.25) is 0 Å². The van der Waals surface area contributed by atoms with Gasteiger partial charge in [0.25, 0.3) is 0 Å². The molecule has 26 heavy (non-hydrogen) atoms. The van der Waals surface area contributed by atoms with Crippen LogP contribution in [0.25, 0.3) is 0 Å². The van der Waals surface area contributed by atoms with Gasteiger partial charge in [0, 0.05) is 0 Å². The van der Waals surface area contributed by atoms with Gasteiger partial charge in [-0.25, -0.2) is 0 Å². The fraction of sp³-hybridized carbons (Fsp3) is 0.409. The van der Waals surface area contributed by atoms with E-state index in [4.69, 9.17) is 4.74 Å². The summed E-state index contributed by atoms with van der Waals surface area (Å²) in [5.41, 5.74) is 1.97. The first-order chi connectivity index (χ1) is 12.2. The van der Waals surface area contributed by atoms with E-state index in [9.17, 15) is 4.79 Å². The number of nitrogens with one attached hydrogen (secondary N) is 1. The number of carbonyl (C=O) groups excluding carboxylic acids is 1. The number of piperidine rings is 1. The fourth-order valence-electron chi connectivity index (χ4n) is 3.73. The average Bonchev–Trinajstić information content (AvgIpc) is 2.64. The molecule has 0 aliphatic carbocycles. The monoisotopic (exact) mass is 373 g/mol. The Morgan fingerprint density at radius 1 is 0.923 bits per heavy atom. The van der Waals surface area contributed by atoms with Crippen molar-refractivity contribution in [3.05, 3.63) is 71.8 Å². The minimum Gasteiger partial charge on any atom is -1.00 e. The molecule has 0 bridgehead atoms. The van der Waals surface area contributed by atoms with E-state index >= 15 is 0 Å². The van der Waals surface area contributed by atoms with Gasteiger partial charge in [-0.15, -0.1) is 0 Å². The zero-order valence-corrected chi connectivity index (χ0v) is 16.1. The lowest BCUT2D eigenvalue weighted by Gasteiger charge is -2.27. The molecule has 0 spiro atoms. The Bertz CT molecular complexity index is 617. The fourth-order valence-corrected chi connectivity index (χ4v) is 3.73. The summed E-state index contributed by atoms with van der Waals surface area (Å²) in [5, 5.41) is 0. The van der Waals surface area contributed by atoms with Crippen molar-refractivity contribution in [2.24, 2.45) is 0 Å². The third-order valence-electron chi connectivity index (χ3n) is 4.96. The number of likely N-dealkylation sites (tertiary alicyclic amines) is 1. The highest BCUT2D eigenvalue weighted by Crippen LogP contribution is 2.26. The third-order valence-corrected chi connectivity index (χ3v) is 4.96. The minimum atomic E-state index is -0.360. The molecule has 2 aromatic carbocycles. The van der Waals surface area contributed by atoms with Gasteiger partial charge in [-0.05, 0) is 37.3 Å². The first-order valence-corrected chi connectivity index (χ1v) is 9.38. The zero-order chi connectivity index (χ0) is 17.5. The number of esters is 1. The van der Waals surface area contributed by atoms with Crippen LogP contribution in [-0.2, 0) is 9.53 Å². The van der Waals surface area contributed by atoms with Gasteiger partial charge in [-0.2, -0.15) is 0 Å². The SMILES string of the molecule is CC(C[NH+]1CCCCC1)OC(=O)C(c1ccccc1)c1ccccc1.[Cl-].